The van der Waals surface area contributed by atoms with E-state index in [1.54, 1.807) is 0 Å². The molecule has 9 heteroatoms. The van der Waals surface area contributed by atoms with Crippen molar-refractivity contribution in [3.8, 4) is 5.75 Å². The van der Waals surface area contributed by atoms with Crippen molar-refractivity contribution in [2.75, 3.05) is 30.9 Å². The predicted octanol–water partition coefficient (Wildman–Crippen LogP) is 4.01. The van der Waals surface area contributed by atoms with E-state index < -0.39 is 6.09 Å². The van der Waals surface area contributed by atoms with Gasteiger partial charge in [-0.3, -0.25) is 5.32 Å². The van der Waals surface area contributed by atoms with E-state index in [2.05, 4.69) is 25.3 Å². The maximum Gasteiger partial charge on any atom is 0.413 e. The molecule has 148 valence electrons. The van der Waals surface area contributed by atoms with Gasteiger partial charge in [-0.2, -0.15) is 0 Å². The van der Waals surface area contributed by atoms with Crippen LogP contribution in [-0.2, 0) is 4.74 Å². The highest BCUT2D eigenvalue weighted by molar-refractivity contribution is 7.95. The van der Waals surface area contributed by atoms with Crippen molar-refractivity contribution in [2.45, 2.75) is 17.7 Å². The standard InChI is InChI=1S/C19H22N4O4S/c1-26-19(25)23-18-21-16-9-6-14(12-17(16)22-18)27-28-15-7-4-13(5-8-15)20-10-2-3-11-24/h4-9,12,20,24H,2-3,10-11H2,1H3,(H2,21,22,23,25). The minimum absolute atomic E-state index is 0.224. The third-order valence-corrected chi connectivity index (χ3v) is 4.60. The van der Waals surface area contributed by atoms with Crippen molar-refractivity contribution < 1.29 is 18.8 Å². The number of carbonyl (C=O) groups excluding carboxylic acids is 1. The Labute approximate surface area is 166 Å². The molecule has 0 spiro atoms. The Hall–Kier alpha value is -2.91. The Morgan fingerprint density at radius 2 is 2.04 bits per heavy atom. The number of anilines is 2. The van der Waals surface area contributed by atoms with Gasteiger partial charge in [0.2, 0.25) is 5.95 Å². The molecule has 8 nitrogen and oxygen atoms in total. The second kappa shape index (κ2) is 9.86. The first-order chi connectivity index (χ1) is 13.7. The molecule has 4 N–H and O–H groups in total. The number of aromatic nitrogens is 2. The highest BCUT2D eigenvalue weighted by Gasteiger charge is 2.08. The van der Waals surface area contributed by atoms with Crippen LogP contribution in [0.15, 0.2) is 47.4 Å². The zero-order valence-electron chi connectivity index (χ0n) is 15.4. The van der Waals surface area contributed by atoms with Gasteiger partial charge in [0.05, 0.1) is 30.2 Å². The molecule has 0 atom stereocenters. The number of methoxy groups -OCH3 is 1. The van der Waals surface area contributed by atoms with Crippen molar-refractivity contribution in [3.63, 3.8) is 0 Å². The third-order valence-electron chi connectivity index (χ3n) is 3.86. The number of aliphatic hydroxyl groups excluding tert-OH is 1. The minimum atomic E-state index is -0.586. The van der Waals surface area contributed by atoms with Gasteiger partial charge in [-0.05, 0) is 49.2 Å². The molecule has 0 bridgehead atoms. The number of hydrogen-bond donors (Lipinski definition) is 4. The minimum Gasteiger partial charge on any atom is -0.453 e. The number of amides is 1. The molecule has 0 aliphatic carbocycles. The summed E-state index contributed by atoms with van der Waals surface area (Å²) in [5.74, 6) is 0.978. The maximum atomic E-state index is 11.3. The number of unbranched alkanes of at least 4 members (excludes halogenated alkanes) is 1. The monoisotopic (exact) mass is 402 g/mol. The van der Waals surface area contributed by atoms with Crippen LogP contribution in [0.25, 0.3) is 11.0 Å². The van der Waals surface area contributed by atoms with E-state index in [0.717, 1.165) is 35.5 Å². The Morgan fingerprint density at radius 3 is 2.79 bits per heavy atom. The number of aromatic amines is 1. The average molecular weight is 402 g/mol. The van der Waals surface area contributed by atoms with Crippen LogP contribution < -0.4 is 14.8 Å². The molecule has 2 aromatic carbocycles. The third kappa shape index (κ3) is 5.54. The Bertz CT molecular complexity index is 914. The Balaban J connectivity index is 1.55. The summed E-state index contributed by atoms with van der Waals surface area (Å²) in [5.41, 5.74) is 2.49. The number of imidazole rings is 1. The van der Waals surface area contributed by atoms with Crippen LogP contribution in [0.3, 0.4) is 0 Å². The van der Waals surface area contributed by atoms with E-state index in [1.807, 2.05) is 42.5 Å². The SMILES string of the molecule is COC(=O)Nc1nc2ccc(OSc3ccc(NCCCCO)cc3)cc2[nH]1. The van der Waals surface area contributed by atoms with Crippen molar-refractivity contribution in [2.24, 2.45) is 0 Å². The number of ether oxygens (including phenoxy) is 1. The molecule has 28 heavy (non-hydrogen) atoms. The molecule has 0 saturated heterocycles. The van der Waals surface area contributed by atoms with Crippen molar-refractivity contribution in [1.82, 2.24) is 9.97 Å². The number of hydrogen-bond acceptors (Lipinski definition) is 7. The second-order valence-corrected chi connectivity index (χ2v) is 6.73. The van der Waals surface area contributed by atoms with Crippen LogP contribution >= 0.6 is 12.0 Å². The van der Waals surface area contributed by atoms with Crippen LogP contribution in [0.5, 0.6) is 5.75 Å². The topological polar surface area (TPSA) is 108 Å². The highest BCUT2D eigenvalue weighted by atomic mass is 32.2. The summed E-state index contributed by atoms with van der Waals surface area (Å²) in [5, 5.41) is 14.6. The van der Waals surface area contributed by atoms with E-state index in [-0.39, 0.29) is 6.61 Å². The first kappa shape index (κ1) is 19.8. The van der Waals surface area contributed by atoms with Gasteiger partial charge in [0.1, 0.15) is 5.75 Å². The summed E-state index contributed by atoms with van der Waals surface area (Å²) in [6.07, 6.45) is 1.15. The molecular weight excluding hydrogens is 380 g/mol. The van der Waals surface area contributed by atoms with Crippen LogP contribution in [0.4, 0.5) is 16.4 Å². The lowest BCUT2D eigenvalue weighted by Gasteiger charge is -2.07. The molecule has 0 aliphatic heterocycles. The summed E-state index contributed by atoms with van der Waals surface area (Å²) in [4.78, 5) is 19.5. The summed E-state index contributed by atoms with van der Waals surface area (Å²) in [6.45, 7) is 1.06. The Morgan fingerprint density at radius 1 is 1.21 bits per heavy atom. The fourth-order valence-electron chi connectivity index (χ4n) is 2.44. The number of fused-ring (bicyclic) bond motifs is 1. The normalized spacial score (nSPS) is 10.6. The lowest BCUT2D eigenvalue weighted by molar-refractivity contribution is 0.186. The predicted molar refractivity (Wildman–Crippen MR) is 110 cm³/mol. The van der Waals surface area contributed by atoms with Gasteiger partial charge in [-0.1, -0.05) is 0 Å². The number of rotatable bonds is 9. The fraction of sp³-hybridized carbons (Fsp3) is 0.263. The van der Waals surface area contributed by atoms with Crippen molar-refractivity contribution in [1.29, 1.82) is 0 Å². The van der Waals surface area contributed by atoms with Gasteiger partial charge < -0.3 is 24.3 Å². The Kier molecular flexibility index (Phi) is 6.99. The lowest BCUT2D eigenvalue weighted by atomic mass is 10.3. The number of aliphatic hydroxyl groups is 1. The van der Waals surface area contributed by atoms with E-state index in [0.29, 0.717) is 17.2 Å². The molecule has 1 heterocycles. The molecule has 0 radical (unpaired) electrons. The molecule has 1 amide bonds. The van der Waals surface area contributed by atoms with Crippen LogP contribution in [0, 0.1) is 0 Å². The molecule has 3 aromatic rings. The van der Waals surface area contributed by atoms with E-state index in [1.165, 1.54) is 19.2 Å². The molecule has 3 rings (SSSR count). The van der Waals surface area contributed by atoms with E-state index >= 15 is 0 Å². The number of nitrogens with one attached hydrogen (secondary N) is 3. The van der Waals surface area contributed by atoms with Crippen LogP contribution in [0.2, 0.25) is 0 Å². The molecule has 0 unspecified atom stereocenters. The number of nitrogens with zero attached hydrogens (tertiary/aromatic N) is 1. The fourth-order valence-corrected chi connectivity index (χ4v) is 2.98. The summed E-state index contributed by atoms with van der Waals surface area (Å²) >= 11 is 1.26. The lowest BCUT2D eigenvalue weighted by Crippen LogP contribution is -2.11. The zero-order chi connectivity index (χ0) is 19.8. The van der Waals surface area contributed by atoms with Gasteiger partial charge in [-0.25, -0.2) is 9.78 Å². The van der Waals surface area contributed by atoms with Gasteiger partial charge >= 0.3 is 6.09 Å². The summed E-state index contributed by atoms with van der Waals surface area (Å²) in [6, 6.07) is 13.4. The van der Waals surface area contributed by atoms with Gasteiger partial charge in [-0.15, -0.1) is 0 Å². The number of carbonyl (C=O) groups is 1. The maximum absolute atomic E-state index is 11.3. The smallest absolute Gasteiger partial charge is 0.413 e. The summed E-state index contributed by atoms with van der Waals surface area (Å²) in [7, 11) is 1.29. The zero-order valence-corrected chi connectivity index (χ0v) is 16.2. The second-order valence-electron chi connectivity index (χ2n) is 5.93. The molecule has 0 saturated carbocycles. The van der Waals surface area contributed by atoms with Crippen LogP contribution in [0.1, 0.15) is 12.8 Å². The van der Waals surface area contributed by atoms with Gasteiger partial charge in [0, 0.05) is 29.8 Å². The molecule has 0 aliphatic rings. The van der Waals surface area contributed by atoms with Gasteiger partial charge in [0.25, 0.3) is 0 Å². The van der Waals surface area contributed by atoms with Crippen molar-refractivity contribution >= 4 is 40.8 Å². The molecule has 0 fully saturated rings. The van der Waals surface area contributed by atoms with Crippen LogP contribution in [-0.4, -0.2) is 41.4 Å². The molecule has 1 aromatic heterocycles. The van der Waals surface area contributed by atoms with Crippen molar-refractivity contribution in [3.05, 3.63) is 42.5 Å². The molecular formula is C19H22N4O4S. The summed E-state index contributed by atoms with van der Waals surface area (Å²) < 4.78 is 10.3. The first-order valence-electron chi connectivity index (χ1n) is 8.82. The number of H-pyrrole nitrogens is 1. The van der Waals surface area contributed by atoms with Gasteiger partial charge in [0.15, 0.2) is 0 Å². The van der Waals surface area contributed by atoms with E-state index in [4.69, 9.17) is 9.29 Å². The largest absolute Gasteiger partial charge is 0.453 e. The number of benzene rings is 2. The first-order valence-corrected chi connectivity index (χ1v) is 9.56. The van der Waals surface area contributed by atoms with E-state index in [9.17, 15) is 4.79 Å². The average Bonchev–Trinajstić information content (AvgIpc) is 3.11. The highest BCUT2D eigenvalue weighted by Crippen LogP contribution is 2.27. The quantitative estimate of drug-likeness (QED) is 0.316.